The van der Waals surface area contributed by atoms with E-state index in [1.165, 1.54) is 26.5 Å². The minimum atomic E-state index is -1.41. The largest absolute Gasteiger partial charge is 0.493 e. The maximum atomic E-state index is 12.8. The van der Waals surface area contributed by atoms with Crippen LogP contribution in [0, 0.1) is 0 Å². The zero-order valence-corrected chi connectivity index (χ0v) is 20.4. The van der Waals surface area contributed by atoms with Crippen LogP contribution in [0.2, 0.25) is 0 Å². The summed E-state index contributed by atoms with van der Waals surface area (Å²) in [4.78, 5) is 24.2. The number of rotatable bonds is 9. The molecule has 0 saturated heterocycles. The van der Waals surface area contributed by atoms with Crippen molar-refractivity contribution in [2.24, 2.45) is 7.05 Å². The second-order valence-corrected chi connectivity index (χ2v) is 8.90. The third-order valence-electron chi connectivity index (χ3n) is 5.55. The van der Waals surface area contributed by atoms with Gasteiger partial charge in [0.2, 0.25) is 0 Å². The number of aromatic nitrogens is 2. The molecule has 0 aliphatic rings. The molecule has 180 valence electrons. The second kappa shape index (κ2) is 9.99. The third-order valence-corrected chi connectivity index (χ3v) is 5.55. The van der Waals surface area contributed by atoms with E-state index in [-0.39, 0.29) is 12.5 Å². The summed E-state index contributed by atoms with van der Waals surface area (Å²) in [6.07, 6.45) is 0. The van der Waals surface area contributed by atoms with Gasteiger partial charge in [0.1, 0.15) is 5.69 Å². The molecule has 34 heavy (non-hydrogen) atoms. The van der Waals surface area contributed by atoms with Gasteiger partial charge >= 0.3 is 5.97 Å². The number of carboxylic acid groups (broad SMARTS) is 1. The molecule has 2 N–H and O–H groups in total. The van der Waals surface area contributed by atoms with Crippen molar-refractivity contribution in [1.82, 2.24) is 15.1 Å². The van der Waals surface area contributed by atoms with Crippen molar-refractivity contribution in [1.29, 1.82) is 0 Å². The summed E-state index contributed by atoms with van der Waals surface area (Å²) in [6.45, 7) is 7.46. The topological polar surface area (TPSA) is 103 Å². The van der Waals surface area contributed by atoms with E-state index >= 15 is 0 Å². The van der Waals surface area contributed by atoms with Crippen LogP contribution in [0.4, 0.5) is 0 Å². The highest BCUT2D eigenvalue weighted by Crippen LogP contribution is 2.31. The summed E-state index contributed by atoms with van der Waals surface area (Å²) in [5, 5.41) is 16.7. The summed E-state index contributed by atoms with van der Waals surface area (Å²) in [5.41, 5.74) is 2.73. The molecular weight excluding hydrogens is 434 g/mol. The molecule has 0 aliphatic heterocycles. The van der Waals surface area contributed by atoms with Crippen molar-refractivity contribution >= 4 is 11.9 Å². The highest BCUT2D eigenvalue weighted by molar-refractivity contribution is 5.93. The summed E-state index contributed by atoms with van der Waals surface area (Å²) in [7, 11) is 3.21. The number of carbonyl (C=O) groups excluding carboxylic acids is 1. The Hall–Kier alpha value is -3.81. The molecule has 3 rings (SSSR count). The van der Waals surface area contributed by atoms with E-state index in [2.05, 4.69) is 36.4 Å². The van der Waals surface area contributed by atoms with Crippen LogP contribution in [0.3, 0.4) is 0 Å². The van der Waals surface area contributed by atoms with Gasteiger partial charge in [0.25, 0.3) is 5.91 Å². The first-order valence-electron chi connectivity index (χ1n) is 11.0. The molecule has 0 saturated carbocycles. The van der Waals surface area contributed by atoms with Crippen LogP contribution >= 0.6 is 0 Å². The van der Waals surface area contributed by atoms with Gasteiger partial charge in [-0.15, -0.1) is 0 Å². The fourth-order valence-electron chi connectivity index (χ4n) is 3.36. The van der Waals surface area contributed by atoms with Gasteiger partial charge in [-0.25, -0.2) is 4.79 Å². The predicted molar refractivity (Wildman–Crippen MR) is 129 cm³/mol. The first-order valence-corrected chi connectivity index (χ1v) is 11.0. The molecule has 0 aliphatic carbocycles. The highest BCUT2D eigenvalue weighted by atomic mass is 16.5. The van der Waals surface area contributed by atoms with Crippen LogP contribution in [0.1, 0.15) is 55.2 Å². The lowest BCUT2D eigenvalue weighted by Gasteiger charge is -2.23. The Kier molecular flexibility index (Phi) is 7.29. The fraction of sp³-hybridized carbons (Fsp3) is 0.346. The van der Waals surface area contributed by atoms with E-state index in [0.29, 0.717) is 23.1 Å². The standard InChI is InChI=1S/C26H31N3O5/c1-16(2)18-8-10-19(11-9-18)20-14-21(29(5)28-20)24(30)27-15-17-7-12-22(23(13-17)33-6)34-26(3,4)25(31)32/h7-14,16H,15H2,1-6H3,(H,27,30)(H,31,32). The maximum Gasteiger partial charge on any atom is 0.347 e. The average molecular weight is 466 g/mol. The molecule has 1 amide bonds. The van der Waals surface area contributed by atoms with Crippen LogP contribution in [0.25, 0.3) is 11.3 Å². The van der Waals surface area contributed by atoms with Gasteiger partial charge in [-0.05, 0) is 49.1 Å². The Bertz CT molecular complexity index is 1180. The first kappa shape index (κ1) is 24.8. The van der Waals surface area contributed by atoms with Gasteiger partial charge in [0.15, 0.2) is 17.1 Å². The number of nitrogens with zero attached hydrogens (tertiary/aromatic N) is 2. The zero-order chi connectivity index (χ0) is 25.0. The summed E-state index contributed by atoms with van der Waals surface area (Å²) in [6, 6.07) is 15.0. The van der Waals surface area contributed by atoms with Crippen LogP contribution < -0.4 is 14.8 Å². The average Bonchev–Trinajstić information content (AvgIpc) is 3.19. The van der Waals surface area contributed by atoms with E-state index in [0.717, 1.165) is 16.8 Å². The number of benzene rings is 2. The van der Waals surface area contributed by atoms with Crippen LogP contribution in [-0.2, 0) is 18.4 Å². The van der Waals surface area contributed by atoms with Crippen molar-refractivity contribution in [3.8, 4) is 22.8 Å². The SMILES string of the molecule is COc1cc(CNC(=O)c2cc(-c3ccc(C(C)C)cc3)nn2C)ccc1OC(C)(C)C(=O)O. The maximum absolute atomic E-state index is 12.8. The molecule has 0 spiro atoms. The van der Waals surface area contributed by atoms with E-state index in [1.807, 2.05) is 12.1 Å². The summed E-state index contributed by atoms with van der Waals surface area (Å²) < 4.78 is 12.5. The molecule has 3 aromatic rings. The number of nitrogens with one attached hydrogen (secondary N) is 1. The fourth-order valence-corrected chi connectivity index (χ4v) is 3.36. The lowest BCUT2D eigenvalue weighted by molar-refractivity contribution is -0.152. The minimum absolute atomic E-state index is 0.251. The van der Waals surface area contributed by atoms with Crippen LogP contribution in [0.5, 0.6) is 11.5 Å². The van der Waals surface area contributed by atoms with Crippen molar-refractivity contribution in [3.05, 3.63) is 65.4 Å². The Labute approximate surface area is 199 Å². The van der Waals surface area contributed by atoms with Gasteiger partial charge in [-0.2, -0.15) is 5.10 Å². The summed E-state index contributed by atoms with van der Waals surface area (Å²) in [5.74, 6) is -0.204. The van der Waals surface area contributed by atoms with Crippen molar-refractivity contribution in [2.75, 3.05) is 7.11 Å². The second-order valence-electron chi connectivity index (χ2n) is 8.90. The third kappa shape index (κ3) is 5.57. The molecule has 0 radical (unpaired) electrons. The van der Waals surface area contributed by atoms with Crippen molar-refractivity contribution in [3.63, 3.8) is 0 Å². The minimum Gasteiger partial charge on any atom is -0.493 e. The van der Waals surface area contributed by atoms with Crippen molar-refractivity contribution in [2.45, 2.75) is 45.8 Å². The van der Waals surface area contributed by atoms with E-state index in [9.17, 15) is 14.7 Å². The molecule has 2 aromatic carbocycles. The Morgan fingerprint density at radius 3 is 2.35 bits per heavy atom. The van der Waals surface area contributed by atoms with Gasteiger partial charge in [0, 0.05) is 19.2 Å². The number of carbonyl (C=O) groups is 2. The molecular formula is C26H31N3O5. The number of aryl methyl sites for hydroxylation is 1. The van der Waals surface area contributed by atoms with Crippen LogP contribution in [-0.4, -0.2) is 39.5 Å². The van der Waals surface area contributed by atoms with Crippen molar-refractivity contribution < 1.29 is 24.2 Å². The lowest BCUT2D eigenvalue weighted by Crippen LogP contribution is -2.38. The molecule has 1 heterocycles. The van der Waals surface area contributed by atoms with Gasteiger partial charge in [0.05, 0.1) is 12.8 Å². The number of amides is 1. The smallest absolute Gasteiger partial charge is 0.347 e. The number of aliphatic carboxylic acids is 1. The molecule has 0 unspecified atom stereocenters. The van der Waals surface area contributed by atoms with E-state index in [4.69, 9.17) is 9.47 Å². The number of ether oxygens (including phenoxy) is 2. The molecule has 0 bridgehead atoms. The number of hydrogen-bond donors (Lipinski definition) is 2. The number of carboxylic acids is 1. The van der Waals surface area contributed by atoms with E-state index < -0.39 is 11.6 Å². The monoisotopic (exact) mass is 465 g/mol. The van der Waals surface area contributed by atoms with Gasteiger partial charge in [-0.1, -0.05) is 44.2 Å². The van der Waals surface area contributed by atoms with Gasteiger partial charge in [-0.3, -0.25) is 9.48 Å². The molecule has 8 heteroatoms. The van der Waals surface area contributed by atoms with Gasteiger partial charge < -0.3 is 19.9 Å². The predicted octanol–water partition coefficient (Wildman–Crippen LogP) is 4.39. The number of methoxy groups -OCH3 is 1. The Morgan fingerprint density at radius 1 is 1.09 bits per heavy atom. The van der Waals surface area contributed by atoms with Crippen LogP contribution in [0.15, 0.2) is 48.5 Å². The zero-order valence-electron chi connectivity index (χ0n) is 20.4. The molecule has 0 atom stereocenters. The highest BCUT2D eigenvalue weighted by Gasteiger charge is 2.30. The number of hydrogen-bond acceptors (Lipinski definition) is 5. The summed E-state index contributed by atoms with van der Waals surface area (Å²) >= 11 is 0. The molecule has 0 fully saturated rings. The molecule has 1 aromatic heterocycles. The first-order chi connectivity index (χ1) is 16.0. The lowest BCUT2D eigenvalue weighted by atomic mass is 10.0. The Balaban J connectivity index is 1.70. The Morgan fingerprint density at radius 2 is 1.76 bits per heavy atom. The normalized spacial score (nSPS) is 11.4. The van der Waals surface area contributed by atoms with E-state index in [1.54, 1.807) is 36.0 Å². The molecule has 8 nitrogen and oxygen atoms in total. The quantitative estimate of drug-likeness (QED) is 0.486.